The van der Waals surface area contributed by atoms with Gasteiger partial charge in [-0.3, -0.25) is 14.9 Å². The Morgan fingerprint density at radius 2 is 1.79 bits per heavy atom. The monoisotopic (exact) mass is 397 g/mol. The molecule has 2 saturated heterocycles. The van der Waals surface area contributed by atoms with Crippen LogP contribution in [0.15, 0.2) is 30.3 Å². The van der Waals surface area contributed by atoms with Crippen molar-refractivity contribution in [1.29, 1.82) is 0 Å². The smallest absolute Gasteiger partial charge is 0.241 e. The second-order valence-electron chi connectivity index (χ2n) is 9.57. The average Bonchev–Trinajstić information content (AvgIpc) is 3.33. The number of likely N-dealkylation sites (tertiary alicyclic amines) is 1. The van der Waals surface area contributed by atoms with Gasteiger partial charge in [-0.2, -0.15) is 0 Å². The highest BCUT2D eigenvalue weighted by Gasteiger charge is 2.51. The molecule has 1 aromatic carbocycles. The van der Waals surface area contributed by atoms with Crippen molar-refractivity contribution in [2.75, 3.05) is 13.1 Å². The van der Waals surface area contributed by atoms with Crippen LogP contribution in [0.1, 0.15) is 64.4 Å². The third kappa shape index (κ3) is 4.20. The molecule has 1 unspecified atom stereocenters. The minimum atomic E-state index is -0.320. The van der Waals surface area contributed by atoms with Crippen molar-refractivity contribution in [3.63, 3.8) is 0 Å². The zero-order chi connectivity index (χ0) is 20.4. The van der Waals surface area contributed by atoms with E-state index in [0.717, 1.165) is 50.8 Å². The molecule has 5 heteroatoms. The number of hydrogen-bond donors (Lipinski definition) is 1. The lowest BCUT2D eigenvalue weighted by Crippen LogP contribution is -2.59. The quantitative estimate of drug-likeness (QED) is 0.827. The molecular weight excluding hydrogens is 362 g/mol. The lowest BCUT2D eigenvalue weighted by Gasteiger charge is -2.45. The number of piperidine rings is 1. The van der Waals surface area contributed by atoms with E-state index in [0.29, 0.717) is 18.4 Å². The first-order valence-corrected chi connectivity index (χ1v) is 11.4. The van der Waals surface area contributed by atoms with Gasteiger partial charge in [-0.25, -0.2) is 0 Å². The number of hydrogen-bond acceptors (Lipinski definition) is 3. The van der Waals surface area contributed by atoms with Crippen molar-refractivity contribution in [3.8, 4) is 0 Å². The Balaban J connectivity index is 1.49. The Labute approximate surface area is 174 Å². The Hall–Kier alpha value is -1.88. The first kappa shape index (κ1) is 20.4. The number of nitrogens with zero attached hydrogens (tertiary/aromatic N) is 2. The maximum atomic E-state index is 13.3. The van der Waals surface area contributed by atoms with Crippen molar-refractivity contribution in [2.24, 2.45) is 11.8 Å². The fourth-order valence-corrected chi connectivity index (χ4v) is 5.43. The zero-order valence-corrected chi connectivity index (χ0v) is 17.9. The molecule has 5 nitrogen and oxygen atoms in total. The van der Waals surface area contributed by atoms with Crippen molar-refractivity contribution >= 4 is 11.8 Å². The maximum absolute atomic E-state index is 13.3. The van der Waals surface area contributed by atoms with E-state index in [4.69, 9.17) is 0 Å². The Morgan fingerprint density at radius 3 is 2.41 bits per heavy atom. The molecule has 1 atom stereocenters. The molecule has 3 aliphatic rings. The molecule has 158 valence electrons. The number of benzene rings is 1. The van der Waals surface area contributed by atoms with Gasteiger partial charge in [0.25, 0.3) is 0 Å². The van der Waals surface area contributed by atoms with E-state index in [2.05, 4.69) is 41.1 Å². The molecule has 1 N–H and O–H groups in total. The summed E-state index contributed by atoms with van der Waals surface area (Å²) >= 11 is 0. The van der Waals surface area contributed by atoms with Gasteiger partial charge in [0.15, 0.2) is 0 Å². The summed E-state index contributed by atoms with van der Waals surface area (Å²) in [6.45, 7) is 6.47. The first-order valence-electron chi connectivity index (χ1n) is 11.4. The van der Waals surface area contributed by atoms with E-state index in [1.165, 1.54) is 12.8 Å². The summed E-state index contributed by atoms with van der Waals surface area (Å²) < 4.78 is 0. The lowest BCUT2D eigenvalue weighted by atomic mass is 9.93. The predicted octanol–water partition coefficient (Wildman–Crippen LogP) is 3.54. The number of carbonyl (C=O) groups is 2. The van der Waals surface area contributed by atoms with Crippen LogP contribution < -0.4 is 5.32 Å². The van der Waals surface area contributed by atoms with Crippen molar-refractivity contribution in [3.05, 3.63) is 35.9 Å². The summed E-state index contributed by atoms with van der Waals surface area (Å²) in [5, 5.41) is 3.73. The Morgan fingerprint density at radius 1 is 1.14 bits per heavy atom. The van der Waals surface area contributed by atoms with E-state index >= 15 is 0 Å². The maximum Gasteiger partial charge on any atom is 0.241 e. The second-order valence-corrected chi connectivity index (χ2v) is 9.57. The molecule has 3 fully saturated rings. The van der Waals surface area contributed by atoms with E-state index in [1.807, 2.05) is 18.2 Å². The highest BCUT2D eigenvalue weighted by molar-refractivity contribution is 5.85. The summed E-state index contributed by atoms with van der Waals surface area (Å²) in [6.07, 6.45) is 6.97. The fraction of sp³-hybridized carbons (Fsp3) is 0.667. The van der Waals surface area contributed by atoms with Crippen LogP contribution in [-0.4, -0.2) is 46.4 Å². The van der Waals surface area contributed by atoms with Gasteiger partial charge in [0.05, 0.1) is 11.7 Å². The minimum Gasteiger partial charge on any atom is -0.342 e. The van der Waals surface area contributed by atoms with Gasteiger partial charge in [0.1, 0.15) is 0 Å². The first-order chi connectivity index (χ1) is 14.0. The predicted molar refractivity (Wildman–Crippen MR) is 114 cm³/mol. The summed E-state index contributed by atoms with van der Waals surface area (Å²) in [4.78, 5) is 30.3. The summed E-state index contributed by atoms with van der Waals surface area (Å²) in [6, 6.07) is 10.1. The highest BCUT2D eigenvalue weighted by atomic mass is 16.2. The molecule has 0 bridgehead atoms. The van der Waals surface area contributed by atoms with Gasteiger partial charge in [-0.1, -0.05) is 57.0 Å². The standard InChI is InChI=1S/C24H35N3O2/c1-18(2)16-21-23(29)27(17-19-8-4-3-5-9-19)24(25-21)12-14-26(15-13-24)22(28)20-10-6-7-11-20/h3-5,8-9,18,20-21,25H,6-7,10-17H2,1-2H3. The summed E-state index contributed by atoms with van der Waals surface area (Å²) in [5.74, 6) is 1.26. The Bertz CT molecular complexity index is 719. The van der Waals surface area contributed by atoms with Crippen LogP contribution in [0.4, 0.5) is 0 Å². The van der Waals surface area contributed by atoms with Crippen LogP contribution in [0.25, 0.3) is 0 Å². The van der Waals surface area contributed by atoms with E-state index in [1.54, 1.807) is 0 Å². The van der Waals surface area contributed by atoms with Gasteiger partial charge in [-0.05, 0) is 30.7 Å². The van der Waals surface area contributed by atoms with Crippen molar-refractivity contribution < 1.29 is 9.59 Å². The van der Waals surface area contributed by atoms with E-state index in [9.17, 15) is 9.59 Å². The molecule has 2 amide bonds. The SMILES string of the molecule is CC(C)CC1NC2(CCN(C(=O)C3CCCC3)CC2)N(Cc2ccccc2)C1=O. The lowest BCUT2D eigenvalue weighted by molar-refractivity contribution is -0.140. The van der Waals surface area contributed by atoms with Crippen LogP contribution in [0.5, 0.6) is 0 Å². The minimum absolute atomic E-state index is 0.115. The summed E-state index contributed by atoms with van der Waals surface area (Å²) in [7, 11) is 0. The van der Waals surface area contributed by atoms with Crippen molar-refractivity contribution in [2.45, 2.75) is 77.0 Å². The topological polar surface area (TPSA) is 52.7 Å². The number of amides is 2. The van der Waals surface area contributed by atoms with Crippen molar-refractivity contribution in [1.82, 2.24) is 15.1 Å². The molecule has 2 aliphatic heterocycles. The van der Waals surface area contributed by atoms with Gasteiger partial charge >= 0.3 is 0 Å². The van der Waals surface area contributed by atoms with Crippen LogP contribution in [0, 0.1) is 11.8 Å². The van der Waals surface area contributed by atoms with Crippen LogP contribution >= 0.6 is 0 Å². The molecular formula is C24H35N3O2. The van der Waals surface area contributed by atoms with E-state index < -0.39 is 0 Å². The van der Waals surface area contributed by atoms with Gasteiger partial charge < -0.3 is 9.80 Å². The summed E-state index contributed by atoms with van der Waals surface area (Å²) in [5.41, 5.74) is 0.843. The number of nitrogens with one attached hydrogen (secondary N) is 1. The molecule has 0 radical (unpaired) electrons. The van der Waals surface area contributed by atoms with Gasteiger partial charge in [0, 0.05) is 38.4 Å². The Kier molecular flexibility index (Phi) is 5.95. The number of rotatable bonds is 5. The normalized spacial score (nSPS) is 24.8. The van der Waals surface area contributed by atoms with Crippen LogP contribution in [0.2, 0.25) is 0 Å². The largest absolute Gasteiger partial charge is 0.342 e. The molecule has 1 aliphatic carbocycles. The van der Waals surface area contributed by atoms with Crippen LogP contribution in [-0.2, 0) is 16.1 Å². The highest BCUT2D eigenvalue weighted by Crippen LogP contribution is 2.36. The van der Waals surface area contributed by atoms with E-state index in [-0.39, 0.29) is 23.5 Å². The molecule has 1 saturated carbocycles. The fourth-order valence-electron chi connectivity index (χ4n) is 5.43. The second kappa shape index (κ2) is 8.47. The molecule has 1 aromatic rings. The van der Waals surface area contributed by atoms with Gasteiger partial charge in [-0.15, -0.1) is 0 Å². The number of carbonyl (C=O) groups excluding carboxylic acids is 2. The molecule has 1 spiro atoms. The molecule has 2 heterocycles. The third-order valence-electron chi connectivity index (χ3n) is 7.02. The van der Waals surface area contributed by atoms with Gasteiger partial charge in [0.2, 0.25) is 11.8 Å². The molecule has 0 aromatic heterocycles. The van der Waals surface area contributed by atoms with Crippen LogP contribution in [0.3, 0.4) is 0 Å². The average molecular weight is 398 g/mol. The third-order valence-corrected chi connectivity index (χ3v) is 7.02. The molecule has 29 heavy (non-hydrogen) atoms. The zero-order valence-electron chi connectivity index (χ0n) is 17.9. The molecule has 4 rings (SSSR count).